The Morgan fingerprint density at radius 2 is 2.06 bits per heavy atom. The largest absolute Gasteiger partial charge is 0.370 e. The van der Waals surface area contributed by atoms with Crippen molar-refractivity contribution in [2.75, 3.05) is 24.5 Å². The van der Waals surface area contributed by atoms with Crippen LogP contribution in [0.4, 0.5) is 5.69 Å². The maximum atomic E-state index is 3.74. The molecule has 18 heavy (non-hydrogen) atoms. The lowest BCUT2D eigenvalue weighted by molar-refractivity contribution is 0.490. The Morgan fingerprint density at radius 3 is 2.83 bits per heavy atom. The van der Waals surface area contributed by atoms with E-state index in [-0.39, 0.29) is 0 Å². The van der Waals surface area contributed by atoms with Gasteiger partial charge in [-0.05, 0) is 62.8 Å². The zero-order chi connectivity index (χ0) is 12.5. The minimum Gasteiger partial charge on any atom is -0.370 e. The molecule has 2 aliphatic rings. The van der Waals surface area contributed by atoms with Crippen LogP contribution < -0.4 is 10.2 Å². The second-order valence-corrected chi connectivity index (χ2v) is 5.92. The van der Waals surface area contributed by atoms with E-state index in [0.717, 1.165) is 5.92 Å². The smallest absolute Gasteiger partial charge is 0.0399 e. The van der Waals surface area contributed by atoms with Gasteiger partial charge in [0.1, 0.15) is 0 Å². The third-order valence-electron chi connectivity index (χ3n) is 4.54. The first-order chi connectivity index (χ1) is 8.75. The number of benzene rings is 1. The van der Waals surface area contributed by atoms with Gasteiger partial charge in [-0.3, -0.25) is 0 Å². The van der Waals surface area contributed by atoms with Crippen LogP contribution in [0.5, 0.6) is 0 Å². The van der Waals surface area contributed by atoms with E-state index in [1.54, 1.807) is 0 Å². The van der Waals surface area contributed by atoms with Crippen LogP contribution >= 0.6 is 0 Å². The minimum atomic E-state index is 0.715. The van der Waals surface area contributed by atoms with Crippen molar-refractivity contribution in [3.05, 3.63) is 29.3 Å². The molecule has 1 saturated carbocycles. The molecule has 0 amide bonds. The molecule has 98 valence electrons. The Morgan fingerprint density at radius 1 is 1.22 bits per heavy atom. The topological polar surface area (TPSA) is 15.3 Å². The maximum Gasteiger partial charge on any atom is 0.0399 e. The molecule has 1 heterocycles. The number of nitrogens with one attached hydrogen (secondary N) is 1. The molecule has 1 N–H and O–H groups in total. The monoisotopic (exact) mass is 244 g/mol. The predicted molar refractivity (Wildman–Crippen MR) is 77.3 cm³/mol. The Labute approximate surface area is 110 Å². The molecule has 0 aromatic heterocycles. The van der Waals surface area contributed by atoms with E-state index in [1.165, 1.54) is 55.7 Å². The van der Waals surface area contributed by atoms with Gasteiger partial charge in [0.15, 0.2) is 0 Å². The van der Waals surface area contributed by atoms with E-state index >= 15 is 0 Å². The first-order valence-electron chi connectivity index (χ1n) is 7.30. The first kappa shape index (κ1) is 12.0. The maximum absolute atomic E-state index is 3.74. The number of rotatable bonds is 2. The fraction of sp³-hybridized carbons (Fsp3) is 0.625. The first-order valence-corrected chi connectivity index (χ1v) is 7.30. The zero-order valence-electron chi connectivity index (χ0n) is 11.6. The summed E-state index contributed by atoms with van der Waals surface area (Å²) in [6.45, 7) is 8.04. The number of anilines is 1. The molecule has 2 nitrogen and oxygen atoms in total. The molecule has 1 aliphatic heterocycles. The highest BCUT2D eigenvalue weighted by Gasteiger charge is 2.33. The second kappa shape index (κ2) is 4.93. The third-order valence-corrected chi connectivity index (χ3v) is 4.54. The molecule has 0 spiro atoms. The highest BCUT2D eigenvalue weighted by atomic mass is 15.2. The molecule has 1 aliphatic carbocycles. The summed E-state index contributed by atoms with van der Waals surface area (Å²) >= 11 is 0. The summed E-state index contributed by atoms with van der Waals surface area (Å²) in [5.41, 5.74) is 4.31. The molecular weight excluding hydrogens is 220 g/mol. The predicted octanol–water partition coefficient (Wildman–Crippen LogP) is 2.88. The molecule has 2 fully saturated rings. The highest BCUT2D eigenvalue weighted by molar-refractivity contribution is 5.56. The average molecular weight is 244 g/mol. The summed E-state index contributed by atoms with van der Waals surface area (Å²) in [6.07, 6.45) is 4.12. The number of hydrogen-bond donors (Lipinski definition) is 1. The Hall–Kier alpha value is -1.02. The lowest BCUT2D eigenvalue weighted by Gasteiger charge is -2.28. The van der Waals surface area contributed by atoms with Crippen molar-refractivity contribution in [1.82, 2.24) is 5.32 Å². The summed E-state index contributed by atoms with van der Waals surface area (Å²) < 4.78 is 0. The van der Waals surface area contributed by atoms with Crippen LogP contribution in [0.2, 0.25) is 0 Å². The van der Waals surface area contributed by atoms with Gasteiger partial charge >= 0.3 is 0 Å². The van der Waals surface area contributed by atoms with E-state index < -0.39 is 0 Å². The van der Waals surface area contributed by atoms with Crippen molar-refractivity contribution in [3.8, 4) is 0 Å². The van der Waals surface area contributed by atoms with Crippen LogP contribution in [-0.2, 0) is 0 Å². The van der Waals surface area contributed by atoms with Crippen LogP contribution in [0.25, 0.3) is 0 Å². The third kappa shape index (κ3) is 2.39. The summed E-state index contributed by atoms with van der Waals surface area (Å²) in [5.74, 6) is 0.940. The quantitative estimate of drug-likeness (QED) is 0.860. The van der Waals surface area contributed by atoms with Crippen LogP contribution in [-0.4, -0.2) is 25.7 Å². The minimum absolute atomic E-state index is 0.715. The molecule has 1 saturated heterocycles. The highest BCUT2D eigenvalue weighted by Crippen LogP contribution is 2.34. The van der Waals surface area contributed by atoms with Crippen molar-refractivity contribution in [2.45, 2.75) is 39.2 Å². The van der Waals surface area contributed by atoms with Crippen molar-refractivity contribution in [1.29, 1.82) is 0 Å². The second-order valence-electron chi connectivity index (χ2n) is 5.92. The van der Waals surface area contributed by atoms with Crippen molar-refractivity contribution < 1.29 is 0 Å². The Kier molecular flexibility index (Phi) is 3.29. The van der Waals surface area contributed by atoms with Gasteiger partial charge < -0.3 is 10.2 Å². The van der Waals surface area contributed by atoms with Crippen LogP contribution in [0.3, 0.4) is 0 Å². The normalized spacial score (nSPS) is 25.0. The molecule has 0 bridgehead atoms. The Bertz CT molecular complexity index is 423. The van der Waals surface area contributed by atoms with Crippen LogP contribution in [0.1, 0.15) is 30.4 Å². The standard InChI is InChI=1S/C16H24N2/c1-12-5-3-6-16(13(12)2)18-10-4-9-17-15(11-18)14-7-8-14/h3,5-6,14-15,17H,4,7-11H2,1-2H3. The lowest BCUT2D eigenvalue weighted by Crippen LogP contribution is -2.39. The van der Waals surface area contributed by atoms with E-state index in [1.807, 2.05) is 0 Å². The van der Waals surface area contributed by atoms with Gasteiger partial charge in [0, 0.05) is 24.8 Å². The molecule has 1 atom stereocenters. The molecule has 1 aromatic rings. The molecule has 1 unspecified atom stereocenters. The van der Waals surface area contributed by atoms with Gasteiger partial charge in [-0.2, -0.15) is 0 Å². The Balaban J connectivity index is 1.82. The van der Waals surface area contributed by atoms with E-state index in [0.29, 0.717) is 6.04 Å². The summed E-state index contributed by atoms with van der Waals surface area (Å²) in [6, 6.07) is 7.42. The van der Waals surface area contributed by atoms with Crippen molar-refractivity contribution in [3.63, 3.8) is 0 Å². The van der Waals surface area contributed by atoms with Gasteiger partial charge in [0.2, 0.25) is 0 Å². The van der Waals surface area contributed by atoms with Gasteiger partial charge in [-0.25, -0.2) is 0 Å². The van der Waals surface area contributed by atoms with E-state index in [2.05, 4.69) is 42.3 Å². The van der Waals surface area contributed by atoms with Crippen molar-refractivity contribution in [2.24, 2.45) is 5.92 Å². The fourth-order valence-corrected chi connectivity index (χ4v) is 3.06. The molecule has 3 rings (SSSR count). The van der Waals surface area contributed by atoms with E-state index in [4.69, 9.17) is 0 Å². The van der Waals surface area contributed by atoms with Gasteiger partial charge in [0.25, 0.3) is 0 Å². The number of nitrogens with zero attached hydrogens (tertiary/aromatic N) is 1. The van der Waals surface area contributed by atoms with E-state index in [9.17, 15) is 0 Å². The van der Waals surface area contributed by atoms with Crippen LogP contribution in [0, 0.1) is 19.8 Å². The molecule has 2 heteroatoms. The summed E-state index contributed by atoms with van der Waals surface area (Å²) in [5, 5.41) is 3.74. The molecular formula is C16H24N2. The van der Waals surface area contributed by atoms with Gasteiger partial charge in [-0.15, -0.1) is 0 Å². The van der Waals surface area contributed by atoms with Gasteiger partial charge in [-0.1, -0.05) is 12.1 Å². The SMILES string of the molecule is Cc1cccc(N2CCCNC(C3CC3)C2)c1C. The number of hydrogen-bond acceptors (Lipinski definition) is 2. The average Bonchev–Trinajstić information content (AvgIpc) is 3.16. The summed E-state index contributed by atoms with van der Waals surface area (Å²) in [4.78, 5) is 2.60. The molecule has 0 radical (unpaired) electrons. The summed E-state index contributed by atoms with van der Waals surface area (Å²) in [7, 11) is 0. The molecule has 1 aromatic carbocycles. The fourth-order valence-electron chi connectivity index (χ4n) is 3.06. The van der Waals surface area contributed by atoms with Crippen molar-refractivity contribution >= 4 is 5.69 Å². The lowest BCUT2D eigenvalue weighted by atomic mass is 10.1. The zero-order valence-corrected chi connectivity index (χ0v) is 11.6. The van der Waals surface area contributed by atoms with Crippen LogP contribution in [0.15, 0.2) is 18.2 Å². The number of aryl methyl sites for hydroxylation is 1. The van der Waals surface area contributed by atoms with Gasteiger partial charge in [0.05, 0.1) is 0 Å².